The third-order valence-electron chi connectivity index (χ3n) is 3.85. The third kappa shape index (κ3) is 3.43. The van der Waals surface area contributed by atoms with E-state index in [-0.39, 0.29) is 17.1 Å². The predicted octanol–water partition coefficient (Wildman–Crippen LogP) is 4.43. The molecule has 0 spiro atoms. The Morgan fingerprint density at radius 1 is 1.04 bits per heavy atom. The van der Waals surface area contributed by atoms with Gasteiger partial charge in [-0.1, -0.05) is 35.9 Å². The minimum absolute atomic E-state index is 0.000215. The fraction of sp³-hybridized carbons (Fsp3) is 0.222. The third-order valence-corrected chi connectivity index (χ3v) is 5.36. The summed E-state index contributed by atoms with van der Waals surface area (Å²) in [4.78, 5) is 26.0. The Morgan fingerprint density at radius 2 is 1.65 bits per heavy atom. The fourth-order valence-corrected chi connectivity index (χ4v) is 3.98. The maximum atomic E-state index is 12.8. The number of amides is 1. The lowest BCUT2D eigenvalue weighted by Crippen LogP contribution is -2.30. The van der Waals surface area contributed by atoms with E-state index in [2.05, 4.69) is 0 Å². The summed E-state index contributed by atoms with van der Waals surface area (Å²) in [6.07, 6.45) is 0. The average molecular weight is 346 g/mol. The molecule has 0 bridgehead atoms. The number of ketones is 1. The van der Waals surface area contributed by atoms with E-state index in [4.69, 9.17) is 11.6 Å². The zero-order valence-corrected chi connectivity index (χ0v) is 14.2. The Balaban J connectivity index is 1.82. The van der Waals surface area contributed by atoms with E-state index in [0.29, 0.717) is 22.7 Å². The number of rotatable bonds is 3. The molecular formula is C18H16ClNO2S. The van der Waals surface area contributed by atoms with E-state index in [1.165, 1.54) is 6.92 Å². The van der Waals surface area contributed by atoms with Crippen molar-refractivity contribution in [2.24, 2.45) is 0 Å². The van der Waals surface area contributed by atoms with Crippen molar-refractivity contribution >= 4 is 35.1 Å². The molecule has 1 heterocycles. The maximum Gasteiger partial charge on any atom is 0.255 e. The lowest BCUT2D eigenvalue weighted by molar-refractivity contribution is 0.0760. The Hall–Kier alpha value is -1.78. The van der Waals surface area contributed by atoms with Crippen LogP contribution in [0, 0.1) is 0 Å². The highest BCUT2D eigenvalue weighted by molar-refractivity contribution is 7.99. The predicted molar refractivity (Wildman–Crippen MR) is 94.1 cm³/mol. The van der Waals surface area contributed by atoms with Gasteiger partial charge in [0.25, 0.3) is 5.91 Å². The second-order valence-corrected chi connectivity index (χ2v) is 7.03. The first-order chi connectivity index (χ1) is 11.1. The minimum atomic E-state index is -0.00921. The van der Waals surface area contributed by atoms with Crippen LogP contribution in [-0.4, -0.2) is 28.9 Å². The summed E-state index contributed by atoms with van der Waals surface area (Å²) in [6.45, 7) is 2.23. The molecular weight excluding hydrogens is 330 g/mol. The van der Waals surface area contributed by atoms with Crippen molar-refractivity contribution in [3.05, 3.63) is 70.2 Å². The number of carbonyl (C=O) groups is 2. The highest BCUT2D eigenvalue weighted by atomic mass is 35.5. The van der Waals surface area contributed by atoms with Gasteiger partial charge in [0, 0.05) is 28.4 Å². The highest BCUT2D eigenvalue weighted by Gasteiger charge is 2.31. The number of hydrogen-bond acceptors (Lipinski definition) is 3. The van der Waals surface area contributed by atoms with Gasteiger partial charge in [0.05, 0.1) is 0 Å². The van der Waals surface area contributed by atoms with Crippen LogP contribution in [0.2, 0.25) is 5.02 Å². The van der Waals surface area contributed by atoms with Gasteiger partial charge in [0.1, 0.15) is 5.37 Å². The van der Waals surface area contributed by atoms with Gasteiger partial charge in [-0.3, -0.25) is 9.59 Å². The van der Waals surface area contributed by atoms with Gasteiger partial charge in [-0.05, 0) is 36.8 Å². The summed E-state index contributed by atoms with van der Waals surface area (Å²) >= 11 is 7.69. The van der Waals surface area contributed by atoms with Crippen molar-refractivity contribution in [2.75, 3.05) is 12.3 Å². The van der Waals surface area contributed by atoms with Gasteiger partial charge in [0.15, 0.2) is 5.78 Å². The molecule has 5 heteroatoms. The van der Waals surface area contributed by atoms with E-state index in [1.54, 1.807) is 36.0 Å². The molecule has 2 aromatic carbocycles. The monoisotopic (exact) mass is 345 g/mol. The topological polar surface area (TPSA) is 37.4 Å². The zero-order chi connectivity index (χ0) is 16.4. The lowest BCUT2D eigenvalue weighted by atomic mass is 10.1. The first kappa shape index (κ1) is 16.1. The molecule has 0 saturated carbocycles. The molecule has 0 radical (unpaired) electrons. The molecule has 0 aromatic heterocycles. The Kier molecular flexibility index (Phi) is 4.74. The molecule has 1 amide bonds. The summed E-state index contributed by atoms with van der Waals surface area (Å²) in [6, 6.07) is 14.5. The van der Waals surface area contributed by atoms with Crippen molar-refractivity contribution in [3.63, 3.8) is 0 Å². The van der Waals surface area contributed by atoms with Crippen LogP contribution in [-0.2, 0) is 0 Å². The Morgan fingerprint density at radius 3 is 2.26 bits per heavy atom. The quantitative estimate of drug-likeness (QED) is 0.772. The molecule has 118 valence electrons. The molecule has 0 aliphatic carbocycles. The van der Waals surface area contributed by atoms with Crippen molar-refractivity contribution in [1.82, 2.24) is 4.90 Å². The van der Waals surface area contributed by atoms with Crippen LogP contribution >= 0.6 is 23.4 Å². The average Bonchev–Trinajstić information content (AvgIpc) is 3.04. The molecule has 1 unspecified atom stereocenters. The van der Waals surface area contributed by atoms with Gasteiger partial charge >= 0.3 is 0 Å². The highest BCUT2D eigenvalue weighted by Crippen LogP contribution is 2.39. The smallest absolute Gasteiger partial charge is 0.255 e. The van der Waals surface area contributed by atoms with E-state index >= 15 is 0 Å². The SMILES string of the molecule is CC(=O)c1ccc(C(=O)N2CCSC2c2ccc(Cl)cc2)cc1. The van der Waals surface area contributed by atoms with Gasteiger partial charge in [-0.15, -0.1) is 11.8 Å². The van der Waals surface area contributed by atoms with Crippen LogP contribution in [0.25, 0.3) is 0 Å². The number of halogens is 1. The Bertz CT molecular complexity index is 728. The van der Waals surface area contributed by atoms with Gasteiger partial charge in [-0.2, -0.15) is 0 Å². The summed E-state index contributed by atoms with van der Waals surface area (Å²) in [5.74, 6) is 0.898. The molecule has 1 aliphatic heterocycles. The van der Waals surface area contributed by atoms with Crippen LogP contribution in [0.15, 0.2) is 48.5 Å². The van der Waals surface area contributed by atoms with E-state index in [1.807, 2.05) is 29.2 Å². The van der Waals surface area contributed by atoms with Crippen molar-refractivity contribution in [1.29, 1.82) is 0 Å². The standard InChI is InChI=1S/C18H16ClNO2S/c1-12(21)13-2-4-14(5-3-13)17(22)20-10-11-23-18(20)15-6-8-16(19)9-7-15/h2-9,18H,10-11H2,1H3. The second kappa shape index (κ2) is 6.77. The molecule has 23 heavy (non-hydrogen) atoms. The number of Topliss-reactive ketones (excluding diaryl/α,β-unsaturated/α-hetero) is 1. The van der Waals surface area contributed by atoms with E-state index in [0.717, 1.165) is 11.3 Å². The van der Waals surface area contributed by atoms with Crippen LogP contribution in [0.3, 0.4) is 0 Å². The first-order valence-corrected chi connectivity index (χ1v) is 8.78. The first-order valence-electron chi connectivity index (χ1n) is 7.35. The normalized spacial score (nSPS) is 17.3. The van der Waals surface area contributed by atoms with Crippen molar-refractivity contribution < 1.29 is 9.59 Å². The zero-order valence-electron chi connectivity index (χ0n) is 12.7. The molecule has 1 aliphatic rings. The summed E-state index contributed by atoms with van der Waals surface area (Å²) in [5.41, 5.74) is 2.30. The molecule has 3 nitrogen and oxygen atoms in total. The van der Waals surface area contributed by atoms with E-state index < -0.39 is 0 Å². The minimum Gasteiger partial charge on any atom is -0.322 e. The van der Waals surface area contributed by atoms with Crippen molar-refractivity contribution in [2.45, 2.75) is 12.3 Å². The molecule has 1 atom stereocenters. The summed E-state index contributed by atoms with van der Waals surface area (Å²) in [7, 11) is 0. The number of hydrogen-bond donors (Lipinski definition) is 0. The molecule has 0 N–H and O–H groups in total. The van der Waals surface area contributed by atoms with Gasteiger partial charge < -0.3 is 4.90 Å². The lowest BCUT2D eigenvalue weighted by Gasteiger charge is -2.24. The molecule has 3 rings (SSSR count). The summed E-state index contributed by atoms with van der Waals surface area (Å²) in [5, 5.41) is 0.696. The molecule has 1 saturated heterocycles. The van der Waals surface area contributed by atoms with Gasteiger partial charge in [0.2, 0.25) is 0 Å². The summed E-state index contributed by atoms with van der Waals surface area (Å²) < 4.78 is 0. The number of nitrogens with zero attached hydrogens (tertiary/aromatic N) is 1. The van der Waals surface area contributed by atoms with E-state index in [9.17, 15) is 9.59 Å². The molecule has 2 aromatic rings. The van der Waals surface area contributed by atoms with Crippen LogP contribution in [0.5, 0.6) is 0 Å². The van der Waals surface area contributed by atoms with Crippen LogP contribution in [0.4, 0.5) is 0 Å². The number of benzene rings is 2. The van der Waals surface area contributed by atoms with Gasteiger partial charge in [-0.25, -0.2) is 0 Å². The van der Waals surface area contributed by atoms with Crippen molar-refractivity contribution in [3.8, 4) is 0 Å². The van der Waals surface area contributed by atoms with Crippen LogP contribution in [0.1, 0.15) is 38.6 Å². The molecule has 1 fully saturated rings. The number of thioether (sulfide) groups is 1. The largest absolute Gasteiger partial charge is 0.322 e. The van der Waals surface area contributed by atoms with Crippen LogP contribution < -0.4 is 0 Å². The maximum absolute atomic E-state index is 12.8. The Labute approximate surface area is 144 Å². The fourth-order valence-electron chi connectivity index (χ4n) is 2.59. The second-order valence-electron chi connectivity index (χ2n) is 5.41. The number of carbonyl (C=O) groups excluding carboxylic acids is 2.